The van der Waals surface area contributed by atoms with Crippen LogP contribution in [-0.2, 0) is 14.3 Å². The first kappa shape index (κ1) is 25.8. The maximum Gasteiger partial charge on any atom is 0.408 e. The number of alkyl carbamates (subject to hydrolysis) is 1. The zero-order valence-corrected chi connectivity index (χ0v) is 19.5. The van der Waals surface area contributed by atoms with Crippen LogP contribution in [0.5, 0.6) is 0 Å². The van der Waals surface area contributed by atoms with Crippen LogP contribution in [0, 0.1) is 0 Å². The van der Waals surface area contributed by atoms with Gasteiger partial charge in [0, 0.05) is 18.8 Å². The van der Waals surface area contributed by atoms with Gasteiger partial charge in [0.05, 0.1) is 0 Å². The van der Waals surface area contributed by atoms with Crippen molar-refractivity contribution in [2.24, 2.45) is 0 Å². The third-order valence-corrected chi connectivity index (χ3v) is 4.67. The Balaban J connectivity index is 3.10. The minimum Gasteiger partial charge on any atom is -0.444 e. The molecule has 0 spiro atoms. The third-order valence-electron chi connectivity index (χ3n) is 4.30. The van der Waals surface area contributed by atoms with Crippen molar-refractivity contribution in [3.05, 3.63) is 35.9 Å². The first-order valence-electron chi connectivity index (χ1n) is 10.4. The second-order valence-corrected chi connectivity index (χ2v) is 8.33. The van der Waals surface area contributed by atoms with Gasteiger partial charge in [-0.05, 0) is 39.7 Å². The van der Waals surface area contributed by atoms with Gasteiger partial charge in [-0.1, -0.05) is 43.7 Å². The molecule has 8 heteroatoms. The Morgan fingerprint density at radius 2 is 1.77 bits per heavy atom. The van der Waals surface area contributed by atoms with Crippen molar-refractivity contribution in [1.29, 1.82) is 0 Å². The monoisotopic (exact) mass is 437 g/mol. The van der Waals surface area contributed by atoms with Crippen molar-refractivity contribution in [2.45, 2.75) is 65.1 Å². The number of carbonyl (C=O) groups is 3. The van der Waals surface area contributed by atoms with Gasteiger partial charge in [0.15, 0.2) is 0 Å². The van der Waals surface area contributed by atoms with Crippen molar-refractivity contribution in [3.63, 3.8) is 0 Å². The van der Waals surface area contributed by atoms with Gasteiger partial charge in [0.25, 0.3) is 0 Å². The summed E-state index contributed by atoms with van der Waals surface area (Å²) in [5.74, 6) is -0.564. The molecule has 0 bridgehead atoms. The summed E-state index contributed by atoms with van der Waals surface area (Å²) in [5.41, 5.74) is 0.0154. The van der Waals surface area contributed by atoms with Gasteiger partial charge in [-0.3, -0.25) is 9.59 Å². The number of hydrogen-bond acceptors (Lipinski definition) is 5. The second kappa shape index (κ2) is 12.5. The molecule has 2 unspecified atom stereocenters. The Kier molecular flexibility index (Phi) is 10.7. The summed E-state index contributed by atoms with van der Waals surface area (Å²) in [6, 6.07) is 7.42. The van der Waals surface area contributed by atoms with E-state index in [1.54, 1.807) is 27.7 Å². The second-order valence-electron chi connectivity index (χ2n) is 7.96. The third kappa shape index (κ3) is 8.26. The number of nitrogens with one attached hydrogen (secondary N) is 2. The molecule has 30 heavy (non-hydrogen) atoms. The van der Waals surface area contributed by atoms with E-state index in [0.29, 0.717) is 18.7 Å². The van der Waals surface area contributed by atoms with Crippen molar-refractivity contribution in [1.82, 2.24) is 15.5 Å². The lowest BCUT2D eigenvalue weighted by Gasteiger charge is -2.33. The van der Waals surface area contributed by atoms with Crippen LogP contribution in [0.15, 0.2) is 30.3 Å². The molecule has 2 N–H and O–H groups in total. The highest BCUT2D eigenvalue weighted by Crippen LogP contribution is 2.22. The maximum absolute atomic E-state index is 13.3. The number of unbranched alkanes of at least 4 members (excludes halogenated alkanes) is 1. The van der Waals surface area contributed by atoms with Crippen LogP contribution in [0.1, 0.15) is 59.1 Å². The molecule has 1 aromatic carbocycles. The van der Waals surface area contributed by atoms with E-state index in [-0.39, 0.29) is 11.7 Å². The first-order valence-corrected chi connectivity index (χ1v) is 11.0. The highest BCUT2D eigenvalue weighted by atomic mass is 32.1. The molecule has 168 valence electrons. The van der Waals surface area contributed by atoms with Gasteiger partial charge >= 0.3 is 6.09 Å². The number of benzene rings is 1. The zero-order valence-electron chi connectivity index (χ0n) is 18.6. The molecular weight excluding hydrogens is 402 g/mol. The SMILES string of the molecule is CCCCNC(=O)C(c1ccccc1)N(CC)C(=O)C(CS)NC(=O)OC(C)(C)C. The van der Waals surface area contributed by atoms with Crippen molar-refractivity contribution in [3.8, 4) is 0 Å². The first-order chi connectivity index (χ1) is 14.1. The average molecular weight is 438 g/mol. The molecule has 0 fully saturated rings. The number of hydrogen-bond donors (Lipinski definition) is 3. The number of thiol groups is 1. The van der Waals surface area contributed by atoms with E-state index in [9.17, 15) is 14.4 Å². The van der Waals surface area contributed by atoms with Crippen LogP contribution >= 0.6 is 12.6 Å². The fraction of sp³-hybridized carbons (Fsp3) is 0.591. The molecule has 1 rings (SSSR count). The number of likely N-dealkylation sites (N-methyl/N-ethyl adjacent to an activating group) is 1. The highest BCUT2D eigenvalue weighted by Gasteiger charge is 2.34. The molecule has 0 aliphatic rings. The fourth-order valence-corrected chi connectivity index (χ4v) is 3.14. The van der Waals surface area contributed by atoms with Gasteiger partial charge in [-0.2, -0.15) is 12.6 Å². The number of nitrogens with zero attached hydrogens (tertiary/aromatic N) is 1. The molecule has 7 nitrogen and oxygen atoms in total. The lowest BCUT2D eigenvalue weighted by Crippen LogP contribution is -2.53. The van der Waals surface area contributed by atoms with E-state index in [0.717, 1.165) is 12.8 Å². The van der Waals surface area contributed by atoms with Gasteiger partial charge in [0.2, 0.25) is 11.8 Å². The standard InChI is InChI=1S/C22H35N3O4S/c1-6-8-14-23-19(26)18(16-12-10-9-11-13-16)25(7-2)20(27)17(15-30)24-21(28)29-22(3,4)5/h9-13,17-18,30H,6-8,14-15H2,1-5H3,(H,23,26)(H,24,28). The summed E-state index contributed by atoms with van der Waals surface area (Å²) in [5, 5.41) is 5.49. The lowest BCUT2D eigenvalue weighted by atomic mass is 10.0. The van der Waals surface area contributed by atoms with Crippen molar-refractivity contribution in [2.75, 3.05) is 18.8 Å². The van der Waals surface area contributed by atoms with Crippen molar-refractivity contribution >= 4 is 30.5 Å². The molecule has 0 saturated carbocycles. The minimum absolute atomic E-state index is 0.0769. The van der Waals surface area contributed by atoms with Gasteiger partial charge in [-0.15, -0.1) is 0 Å². The molecule has 0 aliphatic carbocycles. The normalized spacial score (nSPS) is 13.1. The molecule has 1 aromatic rings. The summed E-state index contributed by atoms with van der Waals surface area (Å²) in [6.45, 7) is 9.91. The molecule has 0 heterocycles. The number of rotatable bonds is 10. The summed E-state index contributed by atoms with van der Waals surface area (Å²) in [7, 11) is 0. The van der Waals surface area contributed by atoms with E-state index in [1.807, 2.05) is 37.3 Å². The van der Waals surface area contributed by atoms with Crippen LogP contribution in [0.3, 0.4) is 0 Å². The molecule has 3 amide bonds. The predicted molar refractivity (Wildman–Crippen MR) is 121 cm³/mol. The number of carbonyl (C=O) groups excluding carboxylic acids is 3. The number of ether oxygens (including phenoxy) is 1. The average Bonchev–Trinajstić information content (AvgIpc) is 2.69. The smallest absolute Gasteiger partial charge is 0.408 e. The fourth-order valence-electron chi connectivity index (χ4n) is 2.89. The van der Waals surface area contributed by atoms with Crippen LogP contribution in [0.25, 0.3) is 0 Å². The molecule has 0 radical (unpaired) electrons. The molecular formula is C22H35N3O4S. The van der Waals surface area contributed by atoms with Crippen molar-refractivity contribution < 1.29 is 19.1 Å². The number of amides is 3. The van der Waals surface area contributed by atoms with E-state index in [1.165, 1.54) is 4.90 Å². The summed E-state index contributed by atoms with van der Waals surface area (Å²) < 4.78 is 5.26. The molecule has 0 aliphatic heterocycles. The van der Waals surface area contributed by atoms with Crippen LogP contribution < -0.4 is 10.6 Å². The van der Waals surface area contributed by atoms with E-state index >= 15 is 0 Å². The maximum atomic E-state index is 13.3. The van der Waals surface area contributed by atoms with Gasteiger partial charge < -0.3 is 20.3 Å². The van der Waals surface area contributed by atoms with E-state index < -0.39 is 29.7 Å². The highest BCUT2D eigenvalue weighted by molar-refractivity contribution is 7.80. The van der Waals surface area contributed by atoms with Gasteiger partial charge in [0.1, 0.15) is 17.7 Å². The summed E-state index contributed by atoms with van der Waals surface area (Å²) >= 11 is 4.23. The van der Waals surface area contributed by atoms with E-state index in [4.69, 9.17) is 4.74 Å². The topological polar surface area (TPSA) is 87.7 Å². The van der Waals surface area contributed by atoms with Gasteiger partial charge in [-0.25, -0.2) is 4.79 Å². The Labute approximate surface area is 185 Å². The molecule has 0 saturated heterocycles. The molecule has 2 atom stereocenters. The zero-order chi connectivity index (χ0) is 22.7. The largest absolute Gasteiger partial charge is 0.444 e. The Morgan fingerprint density at radius 1 is 1.13 bits per heavy atom. The van der Waals surface area contributed by atoms with Crippen LogP contribution in [-0.4, -0.2) is 53.3 Å². The Bertz CT molecular complexity index is 691. The summed E-state index contributed by atoms with van der Waals surface area (Å²) in [6.07, 6.45) is 1.11. The Morgan fingerprint density at radius 3 is 2.27 bits per heavy atom. The Hall–Kier alpha value is -2.22. The van der Waals surface area contributed by atoms with Crippen LogP contribution in [0.4, 0.5) is 4.79 Å². The lowest BCUT2D eigenvalue weighted by molar-refractivity contribution is -0.141. The van der Waals surface area contributed by atoms with E-state index in [2.05, 4.69) is 23.3 Å². The van der Waals surface area contributed by atoms with Crippen LogP contribution in [0.2, 0.25) is 0 Å². The quantitative estimate of drug-likeness (QED) is 0.387. The minimum atomic E-state index is -0.919. The summed E-state index contributed by atoms with van der Waals surface area (Å²) in [4.78, 5) is 39.9. The predicted octanol–water partition coefficient (Wildman–Crippen LogP) is 3.32. The molecule has 0 aromatic heterocycles.